The number of fused-ring (bicyclic) bond motifs is 1. The zero-order chi connectivity index (χ0) is 26.7. The van der Waals surface area contributed by atoms with Crippen molar-refractivity contribution in [3.05, 3.63) is 71.3 Å². The smallest absolute Gasteiger partial charge is 0.251 e. The van der Waals surface area contributed by atoms with E-state index in [-0.39, 0.29) is 47.9 Å². The molecule has 0 spiro atoms. The number of carbonyl (C=O) groups excluding carboxylic acids is 4. The van der Waals surface area contributed by atoms with Crippen LogP contribution in [0.2, 0.25) is 0 Å². The summed E-state index contributed by atoms with van der Waals surface area (Å²) < 4.78 is 0. The van der Waals surface area contributed by atoms with Crippen LogP contribution in [0.15, 0.2) is 54.6 Å². The number of nitrogens with two attached hydrogens (primary N) is 1. The number of nitrogens with zero attached hydrogens (tertiary/aromatic N) is 2. The van der Waals surface area contributed by atoms with Crippen LogP contribution in [0.3, 0.4) is 0 Å². The standard InChI is InChI=1S/C29H36N4O4/c1-18(2)14-23(31-27(35)22-11-7-8-20(15-22)16-30)29(37)32-13-12-24-26(32)25(34)17-33(24)28(36)19(3)21-9-5-4-6-10-21/h4-11,15,18-19,23-24,26H,12-14,16-17,30H2,1-3H3,(H,31,35)/t19-,23-,24+,26?/m0/s1. The van der Waals surface area contributed by atoms with Gasteiger partial charge in [-0.25, -0.2) is 0 Å². The van der Waals surface area contributed by atoms with Gasteiger partial charge in [-0.05, 0) is 48.9 Å². The zero-order valence-corrected chi connectivity index (χ0v) is 21.7. The van der Waals surface area contributed by atoms with Crippen LogP contribution in [0.25, 0.3) is 0 Å². The summed E-state index contributed by atoms with van der Waals surface area (Å²) in [5.74, 6) is -1.09. The fraction of sp³-hybridized carbons (Fsp3) is 0.448. The second kappa shape index (κ2) is 11.3. The third kappa shape index (κ3) is 5.59. The first-order valence-electron chi connectivity index (χ1n) is 13.0. The van der Waals surface area contributed by atoms with Crippen LogP contribution in [0.4, 0.5) is 0 Å². The molecule has 3 amide bonds. The van der Waals surface area contributed by atoms with E-state index in [1.807, 2.05) is 57.2 Å². The molecular weight excluding hydrogens is 468 g/mol. The molecule has 196 valence electrons. The maximum Gasteiger partial charge on any atom is 0.251 e. The van der Waals surface area contributed by atoms with E-state index in [0.717, 1.165) is 11.1 Å². The largest absolute Gasteiger partial charge is 0.340 e. The molecule has 2 aromatic rings. The van der Waals surface area contributed by atoms with Crippen molar-refractivity contribution in [2.45, 2.75) is 64.2 Å². The average Bonchev–Trinajstić information content (AvgIpc) is 3.48. The summed E-state index contributed by atoms with van der Waals surface area (Å²) in [7, 11) is 0. The molecule has 4 atom stereocenters. The Bertz CT molecular complexity index is 1170. The van der Waals surface area contributed by atoms with Gasteiger partial charge in [-0.2, -0.15) is 0 Å². The molecule has 8 heteroatoms. The number of nitrogens with one attached hydrogen (secondary N) is 1. The maximum atomic E-state index is 13.7. The van der Waals surface area contributed by atoms with Crippen LogP contribution in [-0.2, 0) is 20.9 Å². The Hall–Kier alpha value is -3.52. The average molecular weight is 505 g/mol. The minimum Gasteiger partial charge on any atom is -0.340 e. The third-order valence-electron chi connectivity index (χ3n) is 7.39. The van der Waals surface area contributed by atoms with Gasteiger partial charge in [0.2, 0.25) is 11.8 Å². The molecule has 2 aromatic carbocycles. The van der Waals surface area contributed by atoms with Gasteiger partial charge in [0, 0.05) is 18.7 Å². The number of rotatable bonds is 8. The second-order valence-electron chi connectivity index (χ2n) is 10.5. The predicted octanol–water partition coefficient (Wildman–Crippen LogP) is 2.47. The van der Waals surface area contributed by atoms with E-state index in [1.165, 1.54) is 0 Å². The van der Waals surface area contributed by atoms with Crippen molar-refractivity contribution in [3.63, 3.8) is 0 Å². The first-order chi connectivity index (χ1) is 17.7. The maximum absolute atomic E-state index is 13.7. The normalized spacial score (nSPS) is 20.6. The topological polar surface area (TPSA) is 113 Å². The molecule has 0 aromatic heterocycles. The van der Waals surface area contributed by atoms with E-state index < -0.39 is 12.1 Å². The number of Topliss-reactive ketones (excluding diaryl/α,β-unsaturated/α-hetero) is 1. The van der Waals surface area contributed by atoms with Gasteiger partial charge in [0.05, 0.1) is 18.5 Å². The van der Waals surface area contributed by atoms with Crippen LogP contribution >= 0.6 is 0 Å². The highest BCUT2D eigenvalue weighted by atomic mass is 16.2. The predicted molar refractivity (Wildman–Crippen MR) is 141 cm³/mol. The molecular formula is C29H36N4O4. The lowest BCUT2D eigenvalue weighted by Crippen LogP contribution is -2.53. The van der Waals surface area contributed by atoms with E-state index in [4.69, 9.17) is 5.73 Å². The van der Waals surface area contributed by atoms with Gasteiger partial charge in [0.15, 0.2) is 5.78 Å². The molecule has 37 heavy (non-hydrogen) atoms. The summed E-state index contributed by atoms with van der Waals surface area (Å²) >= 11 is 0. The van der Waals surface area contributed by atoms with Gasteiger partial charge in [-0.1, -0.05) is 56.3 Å². The summed E-state index contributed by atoms with van der Waals surface area (Å²) in [5.41, 5.74) is 7.87. The van der Waals surface area contributed by atoms with Gasteiger partial charge in [0.25, 0.3) is 5.91 Å². The second-order valence-corrected chi connectivity index (χ2v) is 10.5. The number of benzene rings is 2. The molecule has 2 fully saturated rings. The molecule has 2 aliphatic heterocycles. The van der Waals surface area contributed by atoms with E-state index >= 15 is 0 Å². The van der Waals surface area contributed by atoms with Gasteiger partial charge in [0.1, 0.15) is 12.1 Å². The highest BCUT2D eigenvalue weighted by Crippen LogP contribution is 2.33. The molecule has 2 saturated heterocycles. The number of amides is 3. The number of ketones is 1. The number of carbonyl (C=O) groups is 4. The van der Waals surface area contributed by atoms with Gasteiger partial charge >= 0.3 is 0 Å². The molecule has 8 nitrogen and oxygen atoms in total. The Morgan fingerprint density at radius 1 is 1.00 bits per heavy atom. The summed E-state index contributed by atoms with van der Waals surface area (Å²) in [4.78, 5) is 56.4. The minimum absolute atomic E-state index is 0.00219. The molecule has 1 unspecified atom stereocenters. The van der Waals surface area contributed by atoms with E-state index in [1.54, 1.807) is 28.0 Å². The zero-order valence-electron chi connectivity index (χ0n) is 21.7. The van der Waals surface area contributed by atoms with Crippen molar-refractivity contribution in [1.82, 2.24) is 15.1 Å². The Balaban J connectivity index is 1.50. The quantitative estimate of drug-likeness (QED) is 0.574. The Kier molecular flexibility index (Phi) is 8.07. The minimum atomic E-state index is -0.770. The summed E-state index contributed by atoms with van der Waals surface area (Å²) in [5, 5.41) is 2.90. The van der Waals surface area contributed by atoms with Crippen molar-refractivity contribution >= 4 is 23.5 Å². The lowest BCUT2D eigenvalue weighted by molar-refractivity contribution is -0.138. The fourth-order valence-electron chi connectivity index (χ4n) is 5.47. The van der Waals surface area contributed by atoms with Gasteiger partial charge in [-0.15, -0.1) is 0 Å². The fourth-order valence-corrected chi connectivity index (χ4v) is 5.47. The molecule has 4 rings (SSSR count). The SMILES string of the molecule is CC(C)C[C@H](NC(=O)c1cccc(CN)c1)C(=O)N1CC[C@@H]2C1C(=O)CN2C(=O)[C@@H](C)c1ccccc1. The monoisotopic (exact) mass is 504 g/mol. The van der Waals surface area contributed by atoms with Crippen LogP contribution in [-0.4, -0.2) is 64.5 Å². The molecule has 2 aliphatic rings. The first kappa shape index (κ1) is 26.5. The summed E-state index contributed by atoms with van der Waals surface area (Å²) in [6, 6.07) is 14.7. The van der Waals surface area contributed by atoms with Crippen molar-refractivity contribution in [2.75, 3.05) is 13.1 Å². The van der Waals surface area contributed by atoms with Crippen LogP contribution < -0.4 is 11.1 Å². The first-order valence-corrected chi connectivity index (χ1v) is 13.0. The Morgan fingerprint density at radius 3 is 2.41 bits per heavy atom. The van der Waals surface area contributed by atoms with Gasteiger partial charge in [-0.3, -0.25) is 19.2 Å². The molecule has 3 N–H and O–H groups in total. The molecule has 0 saturated carbocycles. The lowest BCUT2D eigenvalue weighted by Gasteiger charge is -2.29. The Morgan fingerprint density at radius 2 is 1.73 bits per heavy atom. The summed E-state index contributed by atoms with van der Waals surface area (Å²) in [6.07, 6.45) is 0.979. The van der Waals surface area contributed by atoms with E-state index in [2.05, 4.69) is 5.32 Å². The van der Waals surface area contributed by atoms with Crippen molar-refractivity contribution < 1.29 is 19.2 Å². The van der Waals surface area contributed by atoms with Gasteiger partial charge < -0.3 is 20.9 Å². The summed E-state index contributed by atoms with van der Waals surface area (Å²) in [6.45, 7) is 6.51. The highest BCUT2D eigenvalue weighted by molar-refractivity contribution is 6.01. The lowest BCUT2D eigenvalue weighted by atomic mass is 9.99. The number of hydrogen-bond donors (Lipinski definition) is 2. The molecule has 0 radical (unpaired) electrons. The van der Waals surface area contributed by atoms with E-state index in [9.17, 15) is 19.2 Å². The molecule has 0 bridgehead atoms. The molecule has 2 heterocycles. The number of hydrogen-bond acceptors (Lipinski definition) is 5. The highest BCUT2D eigenvalue weighted by Gasteiger charge is 2.52. The third-order valence-corrected chi connectivity index (χ3v) is 7.39. The van der Waals surface area contributed by atoms with E-state index in [0.29, 0.717) is 31.5 Å². The van der Waals surface area contributed by atoms with Crippen LogP contribution in [0, 0.1) is 5.92 Å². The van der Waals surface area contributed by atoms with Crippen molar-refractivity contribution in [2.24, 2.45) is 11.7 Å². The van der Waals surface area contributed by atoms with Crippen molar-refractivity contribution in [3.8, 4) is 0 Å². The van der Waals surface area contributed by atoms with Crippen LogP contribution in [0.1, 0.15) is 61.0 Å². The molecule has 0 aliphatic carbocycles. The van der Waals surface area contributed by atoms with Crippen molar-refractivity contribution in [1.29, 1.82) is 0 Å². The number of likely N-dealkylation sites (tertiary alicyclic amines) is 2. The van der Waals surface area contributed by atoms with Crippen LogP contribution in [0.5, 0.6) is 0 Å². The Labute approximate surface area is 218 Å².